The van der Waals surface area contributed by atoms with Gasteiger partial charge in [0.25, 0.3) is 0 Å². The molecule has 2 amide bonds. The summed E-state index contributed by atoms with van der Waals surface area (Å²) in [6, 6.07) is 13.2. The van der Waals surface area contributed by atoms with Crippen molar-refractivity contribution in [1.82, 2.24) is 9.80 Å². The van der Waals surface area contributed by atoms with Gasteiger partial charge < -0.3 is 10.2 Å². The van der Waals surface area contributed by atoms with Crippen molar-refractivity contribution in [2.75, 3.05) is 38.0 Å². The molecule has 1 heterocycles. The highest BCUT2D eigenvalue weighted by Gasteiger charge is 2.22. The summed E-state index contributed by atoms with van der Waals surface area (Å²) in [7, 11) is 0. The zero-order chi connectivity index (χ0) is 19.9. The quantitative estimate of drug-likeness (QED) is 0.805. The predicted molar refractivity (Wildman–Crippen MR) is 108 cm³/mol. The summed E-state index contributed by atoms with van der Waals surface area (Å²) < 4.78 is 12.9. The Balaban J connectivity index is 1.38. The molecule has 1 N–H and O–H groups in total. The second kappa shape index (κ2) is 9.66. The minimum atomic E-state index is -0.338. The van der Waals surface area contributed by atoms with Crippen LogP contribution in [-0.4, -0.2) is 54.3 Å². The minimum absolute atomic E-state index is 0.130. The molecule has 2 aromatic carbocycles. The summed E-state index contributed by atoms with van der Waals surface area (Å²) in [5.74, 6) is -0.352. The zero-order valence-electron chi connectivity index (χ0n) is 15.5. The van der Waals surface area contributed by atoms with Crippen LogP contribution < -0.4 is 5.32 Å². The van der Waals surface area contributed by atoms with E-state index in [0.29, 0.717) is 49.7 Å². The van der Waals surface area contributed by atoms with Crippen LogP contribution in [-0.2, 0) is 16.0 Å². The van der Waals surface area contributed by atoms with Gasteiger partial charge in [-0.15, -0.1) is 0 Å². The molecule has 1 saturated heterocycles. The number of anilines is 1. The van der Waals surface area contributed by atoms with Crippen molar-refractivity contribution in [2.24, 2.45) is 0 Å². The Labute approximate surface area is 169 Å². The molecule has 148 valence electrons. The number of hydrogen-bond donors (Lipinski definition) is 1. The molecule has 1 aliphatic heterocycles. The first-order valence-electron chi connectivity index (χ1n) is 9.29. The van der Waals surface area contributed by atoms with Gasteiger partial charge >= 0.3 is 0 Å². The molecule has 2 aromatic rings. The molecule has 7 heteroatoms. The van der Waals surface area contributed by atoms with Gasteiger partial charge in [-0.2, -0.15) is 0 Å². The van der Waals surface area contributed by atoms with E-state index < -0.39 is 0 Å². The highest BCUT2D eigenvalue weighted by molar-refractivity contribution is 6.30. The third-order valence-electron chi connectivity index (χ3n) is 4.76. The third kappa shape index (κ3) is 6.04. The first-order chi connectivity index (χ1) is 13.5. The number of nitrogens with zero attached hydrogens (tertiary/aromatic N) is 2. The first kappa shape index (κ1) is 20.3. The van der Waals surface area contributed by atoms with Crippen LogP contribution in [0.2, 0.25) is 5.02 Å². The second-order valence-corrected chi connectivity index (χ2v) is 7.27. The average molecular weight is 404 g/mol. The average Bonchev–Trinajstić information content (AvgIpc) is 2.69. The highest BCUT2D eigenvalue weighted by Crippen LogP contribution is 2.13. The topological polar surface area (TPSA) is 52.7 Å². The van der Waals surface area contributed by atoms with E-state index >= 15 is 0 Å². The number of aryl methyl sites for hydroxylation is 1. The second-order valence-electron chi connectivity index (χ2n) is 6.84. The van der Waals surface area contributed by atoms with E-state index in [9.17, 15) is 14.0 Å². The van der Waals surface area contributed by atoms with Crippen LogP contribution in [0.25, 0.3) is 0 Å². The van der Waals surface area contributed by atoms with E-state index in [1.54, 1.807) is 0 Å². The van der Waals surface area contributed by atoms with E-state index in [-0.39, 0.29) is 24.2 Å². The molecule has 1 aliphatic rings. The number of rotatable bonds is 6. The molecule has 0 atom stereocenters. The van der Waals surface area contributed by atoms with Gasteiger partial charge in [0.05, 0.1) is 6.54 Å². The largest absolute Gasteiger partial charge is 0.340 e. The maximum atomic E-state index is 12.9. The number of hydrogen-bond acceptors (Lipinski definition) is 3. The van der Waals surface area contributed by atoms with Crippen molar-refractivity contribution >= 4 is 29.1 Å². The summed E-state index contributed by atoms with van der Waals surface area (Å²) in [6.07, 6.45) is 1.16. The van der Waals surface area contributed by atoms with Crippen molar-refractivity contribution in [3.05, 3.63) is 64.9 Å². The number of piperazine rings is 1. The Morgan fingerprint density at radius 1 is 0.964 bits per heavy atom. The van der Waals surface area contributed by atoms with Crippen LogP contribution >= 0.6 is 11.6 Å². The molecule has 0 unspecified atom stereocenters. The zero-order valence-corrected chi connectivity index (χ0v) is 16.3. The van der Waals surface area contributed by atoms with Gasteiger partial charge in [0, 0.05) is 43.3 Å². The molecule has 0 aliphatic carbocycles. The molecule has 28 heavy (non-hydrogen) atoms. The summed E-state index contributed by atoms with van der Waals surface area (Å²) >= 11 is 5.87. The van der Waals surface area contributed by atoms with Gasteiger partial charge in [-0.05, 0) is 48.4 Å². The lowest BCUT2D eigenvalue weighted by Crippen LogP contribution is -2.50. The molecule has 0 aromatic heterocycles. The molecule has 1 fully saturated rings. The summed E-state index contributed by atoms with van der Waals surface area (Å²) in [5, 5.41) is 3.45. The van der Waals surface area contributed by atoms with Gasteiger partial charge in [0.1, 0.15) is 5.82 Å². The predicted octanol–water partition coefficient (Wildman–Crippen LogP) is 3.19. The van der Waals surface area contributed by atoms with E-state index in [0.717, 1.165) is 5.56 Å². The van der Waals surface area contributed by atoms with Crippen molar-refractivity contribution < 1.29 is 14.0 Å². The Bertz CT molecular complexity index is 803. The summed E-state index contributed by atoms with van der Waals surface area (Å²) in [6.45, 7) is 2.80. The van der Waals surface area contributed by atoms with Crippen molar-refractivity contribution in [3.8, 4) is 0 Å². The lowest BCUT2D eigenvalue weighted by molar-refractivity contribution is -0.133. The molecule has 0 radical (unpaired) electrons. The van der Waals surface area contributed by atoms with Crippen molar-refractivity contribution in [1.29, 1.82) is 0 Å². The van der Waals surface area contributed by atoms with Crippen LogP contribution in [0.15, 0.2) is 48.5 Å². The lowest BCUT2D eigenvalue weighted by atomic mass is 10.1. The molecular weight excluding hydrogens is 381 g/mol. The van der Waals surface area contributed by atoms with Crippen molar-refractivity contribution in [2.45, 2.75) is 12.8 Å². The molecule has 0 spiro atoms. The Kier molecular flexibility index (Phi) is 7.01. The minimum Gasteiger partial charge on any atom is -0.340 e. The van der Waals surface area contributed by atoms with Crippen LogP contribution in [0, 0.1) is 5.82 Å². The molecule has 5 nitrogen and oxygen atoms in total. The summed E-state index contributed by atoms with van der Waals surface area (Å²) in [5.41, 5.74) is 1.66. The Morgan fingerprint density at radius 2 is 1.61 bits per heavy atom. The monoisotopic (exact) mass is 403 g/mol. The number of amides is 2. The number of carbonyl (C=O) groups excluding carboxylic acids is 2. The molecular formula is C21H23ClFN3O2. The van der Waals surface area contributed by atoms with E-state index in [4.69, 9.17) is 11.6 Å². The summed E-state index contributed by atoms with van der Waals surface area (Å²) in [4.78, 5) is 28.4. The van der Waals surface area contributed by atoms with Crippen LogP contribution in [0.5, 0.6) is 0 Å². The number of halogens is 2. The van der Waals surface area contributed by atoms with Gasteiger partial charge in [0.15, 0.2) is 0 Å². The SMILES string of the molecule is O=C(CN1CCN(C(=O)CCc2ccc(Cl)cc2)CC1)Nc1ccc(F)cc1. The number of nitrogens with one attached hydrogen (secondary N) is 1. The number of carbonyl (C=O) groups is 2. The Morgan fingerprint density at radius 3 is 2.25 bits per heavy atom. The maximum Gasteiger partial charge on any atom is 0.238 e. The first-order valence-corrected chi connectivity index (χ1v) is 9.67. The fourth-order valence-corrected chi connectivity index (χ4v) is 3.28. The van der Waals surface area contributed by atoms with E-state index in [2.05, 4.69) is 5.32 Å². The third-order valence-corrected chi connectivity index (χ3v) is 5.01. The smallest absolute Gasteiger partial charge is 0.238 e. The van der Waals surface area contributed by atoms with Gasteiger partial charge in [-0.25, -0.2) is 4.39 Å². The fourth-order valence-electron chi connectivity index (χ4n) is 3.15. The Hall–Kier alpha value is -2.44. The van der Waals surface area contributed by atoms with E-state index in [1.807, 2.05) is 34.1 Å². The highest BCUT2D eigenvalue weighted by atomic mass is 35.5. The van der Waals surface area contributed by atoms with Crippen LogP contribution in [0.4, 0.5) is 10.1 Å². The van der Waals surface area contributed by atoms with Crippen molar-refractivity contribution in [3.63, 3.8) is 0 Å². The van der Waals surface area contributed by atoms with Crippen LogP contribution in [0.1, 0.15) is 12.0 Å². The fraction of sp³-hybridized carbons (Fsp3) is 0.333. The lowest BCUT2D eigenvalue weighted by Gasteiger charge is -2.34. The normalized spacial score (nSPS) is 14.7. The standard InChI is InChI=1S/C21H23ClFN3O2/c22-17-4-1-16(2-5-17)3-10-21(28)26-13-11-25(12-14-26)15-20(27)24-19-8-6-18(23)7-9-19/h1-2,4-9H,3,10-15H2,(H,24,27). The maximum absolute atomic E-state index is 12.9. The molecule has 3 rings (SSSR count). The number of benzene rings is 2. The van der Waals surface area contributed by atoms with Crippen LogP contribution in [0.3, 0.4) is 0 Å². The van der Waals surface area contributed by atoms with Gasteiger partial charge in [0.2, 0.25) is 11.8 Å². The van der Waals surface area contributed by atoms with Gasteiger partial charge in [-0.3, -0.25) is 14.5 Å². The van der Waals surface area contributed by atoms with Gasteiger partial charge in [-0.1, -0.05) is 23.7 Å². The molecule has 0 bridgehead atoms. The molecule has 0 saturated carbocycles. The van der Waals surface area contributed by atoms with E-state index in [1.165, 1.54) is 24.3 Å².